The van der Waals surface area contributed by atoms with Gasteiger partial charge in [-0.1, -0.05) is 6.92 Å². The molecule has 0 bridgehead atoms. The van der Waals surface area contributed by atoms with Crippen molar-refractivity contribution in [3.8, 4) is 5.75 Å². The summed E-state index contributed by atoms with van der Waals surface area (Å²) < 4.78 is 0. The summed E-state index contributed by atoms with van der Waals surface area (Å²) >= 11 is 1.62. The molecule has 0 atom stereocenters. The number of thiophene rings is 1. The third-order valence-corrected chi connectivity index (χ3v) is 4.12. The fourth-order valence-corrected chi connectivity index (χ4v) is 2.66. The van der Waals surface area contributed by atoms with E-state index in [2.05, 4.69) is 12.2 Å². The first-order valence-electron chi connectivity index (χ1n) is 6.63. The molecule has 1 amide bonds. The highest BCUT2D eigenvalue weighted by atomic mass is 32.1. The summed E-state index contributed by atoms with van der Waals surface area (Å²) in [7, 11) is 0. The van der Waals surface area contributed by atoms with Gasteiger partial charge in [0, 0.05) is 27.6 Å². The zero-order chi connectivity index (χ0) is 16.1. The average Bonchev–Trinajstić information content (AvgIpc) is 2.93. The van der Waals surface area contributed by atoms with Gasteiger partial charge >= 0.3 is 5.97 Å². The van der Waals surface area contributed by atoms with Gasteiger partial charge in [0.2, 0.25) is 5.91 Å². The molecule has 6 heteroatoms. The van der Waals surface area contributed by atoms with Crippen molar-refractivity contribution in [3.05, 3.63) is 51.7 Å². The summed E-state index contributed by atoms with van der Waals surface area (Å²) in [5.41, 5.74) is 0.122. The predicted molar refractivity (Wildman–Crippen MR) is 86.4 cm³/mol. The van der Waals surface area contributed by atoms with E-state index >= 15 is 0 Å². The van der Waals surface area contributed by atoms with Gasteiger partial charge < -0.3 is 15.5 Å². The number of carboxylic acids is 1. The summed E-state index contributed by atoms with van der Waals surface area (Å²) in [6, 6.07) is 7.83. The summed E-state index contributed by atoms with van der Waals surface area (Å²) in [6.45, 7) is 2.07. The van der Waals surface area contributed by atoms with Crippen LogP contribution in [0.4, 0.5) is 5.69 Å². The van der Waals surface area contributed by atoms with Crippen LogP contribution in [0.3, 0.4) is 0 Å². The lowest BCUT2D eigenvalue weighted by molar-refractivity contribution is -0.111. The van der Waals surface area contributed by atoms with Crippen molar-refractivity contribution < 1.29 is 19.8 Å². The van der Waals surface area contributed by atoms with E-state index in [-0.39, 0.29) is 17.2 Å². The zero-order valence-electron chi connectivity index (χ0n) is 11.9. The summed E-state index contributed by atoms with van der Waals surface area (Å²) in [5, 5.41) is 20.9. The molecule has 114 valence electrons. The maximum atomic E-state index is 11.8. The van der Waals surface area contributed by atoms with Crippen molar-refractivity contribution >= 4 is 35.0 Å². The Kier molecular flexibility index (Phi) is 4.95. The van der Waals surface area contributed by atoms with Gasteiger partial charge in [-0.25, -0.2) is 4.79 Å². The summed E-state index contributed by atoms with van der Waals surface area (Å²) in [5.74, 6) is -1.96. The molecule has 0 radical (unpaired) electrons. The molecule has 0 spiro atoms. The molecule has 0 aliphatic heterocycles. The third kappa shape index (κ3) is 3.95. The monoisotopic (exact) mass is 317 g/mol. The number of benzene rings is 1. The first-order chi connectivity index (χ1) is 10.5. The quantitative estimate of drug-likeness (QED) is 0.738. The Balaban J connectivity index is 2.02. The molecule has 0 aliphatic rings. The van der Waals surface area contributed by atoms with Crippen LogP contribution in [-0.4, -0.2) is 22.1 Å². The standard InChI is InChI=1S/C16H15NO4S/c1-2-11-4-5-12(22-11)6-8-15(19)17-10-3-7-13(16(20)21)14(18)9-10/h3-9,18H,2H2,1H3,(H,17,19)(H,20,21). The highest BCUT2D eigenvalue weighted by Gasteiger charge is 2.10. The molecular weight excluding hydrogens is 302 g/mol. The van der Waals surface area contributed by atoms with Gasteiger partial charge in [0.05, 0.1) is 0 Å². The molecular formula is C16H15NO4S. The molecule has 0 saturated carbocycles. The Bertz CT molecular complexity index is 733. The predicted octanol–water partition coefficient (Wildman–Crippen LogP) is 3.37. The first-order valence-corrected chi connectivity index (χ1v) is 7.45. The molecule has 3 N–H and O–H groups in total. The van der Waals surface area contributed by atoms with Gasteiger partial charge in [0.15, 0.2) is 0 Å². The van der Waals surface area contributed by atoms with E-state index in [1.807, 2.05) is 12.1 Å². The van der Waals surface area contributed by atoms with Gasteiger partial charge in [-0.2, -0.15) is 0 Å². The van der Waals surface area contributed by atoms with Gasteiger partial charge in [-0.05, 0) is 36.8 Å². The molecule has 0 fully saturated rings. The molecule has 0 saturated heterocycles. The van der Waals surface area contributed by atoms with Crippen LogP contribution in [0, 0.1) is 0 Å². The van der Waals surface area contributed by atoms with Crippen LogP contribution in [0.25, 0.3) is 6.08 Å². The summed E-state index contributed by atoms with van der Waals surface area (Å²) in [6.07, 6.45) is 4.07. The molecule has 5 nitrogen and oxygen atoms in total. The average molecular weight is 317 g/mol. The molecule has 2 rings (SSSR count). The van der Waals surface area contributed by atoms with E-state index in [1.54, 1.807) is 17.4 Å². The first kappa shape index (κ1) is 15.8. The molecule has 0 unspecified atom stereocenters. The minimum Gasteiger partial charge on any atom is -0.507 e. The van der Waals surface area contributed by atoms with E-state index in [1.165, 1.54) is 29.2 Å². The second-order valence-electron chi connectivity index (χ2n) is 4.52. The highest BCUT2D eigenvalue weighted by Crippen LogP contribution is 2.22. The van der Waals surface area contributed by atoms with Crippen molar-refractivity contribution in [2.75, 3.05) is 5.32 Å². The van der Waals surface area contributed by atoms with Crippen molar-refractivity contribution in [2.45, 2.75) is 13.3 Å². The van der Waals surface area contributed by atoms with Crippen LogP contribution in [0.2, 0.25) is 0 Å². The largest absolute Gasteiger partial charge is 0.507 e. The van der Waals surface area contributed by atoms with E-state index in [4.69, 9.17) is 5.11 Å². The van der Waals surface area contributed by atoms with Crippen LogP contribution >= 0.6 is 11.3 Å². The number of nitrogens with one attached hydrogen (secondary N) is 1. The SMILES string of the molecule is CCc1ccc(C=CC(=O)Nc2ccc(C(=O)O)c(O)c2)s1. The second kappa shape index (κ2) is 6.91. The smallest absolute Gasteiger partial charge is 0.339 e. The Morgan fingerprint density at radius 2 is 2.05 bits per heavy atom. The minimum absolute atomic E-state index is 0.209. The number of aromatic carboxylic acids is 1. The maximum Gasteiger partial charge on any atom is 0.339 e. The lowest BCUT2D eigenvalue weighted by Crippen LogP contribution is -2.08. The van der Waals surface area contributed by atoms with Gasteiger partial charge in [0.25, 0.3) is 0 Å². The second-order valence-corrected chi connectivity index (χ2v) is 5.72. The molecule has 2 aromatic rings. The topological polar surface area (TPSA) is 86.6 Å². The Labute approximate surface area is 131 Å². The molecule has 1 heterocycles. The van der Waals surface area contributed by atoms with Crippen LogP contribution < -0.4 is 5.32 Å². The fourth-order valence-electron chi connectivity index (χ4n) is 1.81. The van der Waals surface area contributed by atoms with Gasteiger partial charge in [-0.3, -0.25) is 4.79 Å². The number of phenols is 1. The number of aryl methyl sites for hydroxylation is 1. The highest BCUT2D eigenvalue weighted by molar-refractivity contribution is 7.12. The lowest BCUT2D eigenvalue weighted by atomic mass is 10.2. The summed E-state index contributed by atoms with van der Waals surface area (Å²) in [4.78, 5) is 24.8. The number of amides is 1. The van der Waals surface area contributed by atoms with Crippen molar-refractivity contribution in [2.24, 2.45) is 0 Å². The van der Waals surface area contributed by atoms with E-state index in [9.17, 15) is 14.7 Å². The number of carboxylic acid groups (broad SMARTS) is 1. The van der Waals surface area contributed by atoms with E-state index in [0.29, 0.717) is 5.69 Å². The van der Waals surface area contributed by atoms with Gasteiger partial charge in [0.1, 0.15) is 11.3 Å². The van der Waals surface area contributed by atoms with Crippen LogP contribution in [-0.2, 0) is 11.2 Å². The Morgan fingerprint density at radius 1 is 1.27 bits per heavy atom. The van der Waals surface area contributed by atoms with Crippen LogP contribution in [0.1, 0.15) is 27.0 Å². The Morgan fingerprint density at radius 3 is 2.64 bits per heavy atom. The number of hydrogen-bond acceptors (Lipinski definition) is 4. The van der Waals surface area contributed by atoms with Gasteiger partial charge in [-0.15, -0.1) is 11.3 Å². The van der Waals surface area contributed by atoms with E-state index < -0.39 is 5.97 Å². The fraction of sp³-hybridized carbons (Fsp3) is 0.125. The number of carbonyl (C=O) groups is 2. The third-order valence-electron chi connectivity index (χ3n) is 2.93. The number of rotatable bonds is 5. The van der Waals surface area contributed by atoms with E-state index in [0.717, 1.165) is 11.3 Å². The number of aromatic hydroxyl groups is 1. The Hall–Kier alpha value is -2.60. The number of carbonyl (C=O) groups excluding carboxylic acids is 1. The molecule has 0 aliphatic carbocycles. The van der Waals surface area contributed by atoms with Crippen LogP contribution in [0.5, 0.6) is 5.75 Å². The lowest BCUT2D eigenvalue weighted by Gasteiger charge is -2.04. The number of hydrogen-bond donors (Lipinski definition) is 3. The molecule has 1 aromatic heterocycles. The van der Waals surface area contributed by atoms with Crippen LogP contribution in [0.15, 0.2) is 36.4 Å². The van der Waals surface area contributed by atoms with Crippen molar-refractivity contribution in [1.29, 1.82) is 0 Å². The molecule has 22 heavy (non-hydrogen) atoms. The minimum atomic E-state index is -1.22. The zero-order valence-corrected chi connectivity index (χ0v) is 12.7. The normalized spacial score (nSPS) is 10.8. The van der Waals surface area contributed by atoms with Crippen molar-refractivity contribution in [1.82, 2.24) is 0 Å². The molecule has 1 aromatic carbocycles. The maximum absolute atomic E-state index is 11.8. The number of anilines is 1. The van der Waals surface area contributed by atoms with Crippen molar-refractivity contribution in [3.63, 3.8) is 0 Å².